The summed E-state index contributed by atoms with van der Waals surface area (Å²) in [4.78, 5) is 30.3. The molecule has 2 atom stereocenters. The number of piperidine rings is 1. The molecule has 2 fully saturated rings. The van der Waals surface area contributed by atoms with Gasteiger partial charge in [0.1, 0.15) is 0 Å². The van der Waals surface area contributed by atoms with E-state index in [4.69, 9.17) is 0 Å². The fourth-order valence-corrected chi connectivity index (χ4v) is 5.62. The summed E-state index contributed by atoms with van der Waals surface area (Å²) in [6.45, 7) is 5.78. The number of hydrogen-bond acceptors (Lipinski definition) is 4. The van der Waals surface area contributed by atoms with Crippen LogP contribution < -0.4 is 10.9 Å². The number of hydrogen-bond donors (Lipinski definition) is 2. The molecule has 3 heterocycles. The Labute approximate surface area is 196 Å². The number of carbonyl (C=O) groups excluding carboxylic acids is 2. The maximum atomic E-state index is 13.4. The summed E-state index contributed by atoms with van der Waals surface area (Å²) in [6, 6.07) is 16.8. The Morgan fingerprint density at radius 3 is 2.42 bits per heavy atom. The maximum Gasteiger partial charge on any atom is 0.228 e. The van der Waals surface area contributed by atoms with E-state index in [1.54, 1.807) is 0 Å². The molecule has 3 aliphatic rings. The second-order valence-corrected chi connectivity index (χ2v) is 9.82. The number of nitrogens with one attached hydrogen (secondary N) is 2. The highest BCUT2D eigenvalue weighted by molar-refractivity contribution is 5.81. The number of hydrazine groups is 1. The topological polar surface area (TPSA) is 64.7 Å². The molecule has 6 nitrogen and oxygen atoms in total. The third-order valence-corrected chi connectivity index (χ3v) is 7.66. The van der Waals surface area contributed by atoms with E-state index in [0.29, 0.717) is 25.4 Å². The van der Waals surface area contributed by atoms with E-state index in [2.05, 4.69) is 54.2 Å². The van der Waals surface area contributed by atoms with Crippen molar-refractivity contribution in [2.45, 2.75) is 45.2 Å². The minimum absolute atomic E-state index is 0.0462. The van der Waals surface area contributed by atoms with Crippen molar-refractivity contribution in [1.29, 1.82) is 0 Å². The van der Waals surface area contributed by atoms with Gasteiger partial charge in [-0.25, -0.2) is 0 Å². The normalized spacial score (nSPS) is 23.4. The lowest BCUT2D eigenvalue weighted by molar-refractivity contribution is -0.137. The van der Waals surface area contributed by atoms with Crippen LogP contribution in [0.2, 0.25) is 0 Å². The zero-order valence-corrected chi connectivity index (χ0v) is 19.4. The Bertz CT molecular complexity index is 997. The van der Waals surface area contributed by atoms with Gasteiger partial charge in [-0.3, -0.25) is 20.4 Å². The largest absolute Gasteiger partial charge is 0.342 e. The molecule has 174 valence electrons. The molecule has 2 N–H and O–H groups in total. The number of amides is 2. The molecule has 0 saturated carbocycles. The predicted octanol–water partition coefficient (Wildman–Crippen LogP) is 2.45. The molecule has 2 aromatic rings. The summed E-state index contributed by atoms with van der Waals surface area (Å²) in [5, 5.41) is 0. The van der Waals surface area contributed by atoms with Gasteiger partial charge in [-0.05, 0) is 48.8 Å². The smallest absolute Gasteiger partial charge is 0.228 e. The van der Waals surface area contributed by atoms with Crippen LogP contribution in [0.4, 0.5) is 0 Å². The molecule has 0 aromatic heterocycles. The minimum atomic E-state index is -0.0462. The van der Waals surface area contributed by atoms with E-state index in [0.717, 1.165) is 44.5 Å². The Kier molecular flexibility index (Phi) is 6.47. The van der Waals surface area contributed by atoms with Gasteiger partial charge in [0, 0.05) is 38.8 Å². The van der Waals surface area contributed by atoms with Crippen molar-refractivity contribution in [3.8, 4) is 0 Å². The molecule has 0 bridgehead atoms. The van der Waals surface area contributed by atoms with Gasteiger partial charge in [-0.15, -0.1) is 0 Å². The van der Waals surface area contributed by atoms with E-state index < -0.39 is 0 Å². The standard InChI is InChI=1S/C27H34N4O2/c1-19-6-8-20(9-7-19)16-25(32)30-13-11-22(12-14-30)26-24(17-28-29-26)27(33)31-15-10-21-4-2-3-5-23(21)18-31/h2-9,22,24,26,28-29H,10-18H2,1H3. The second kappa shape index (κ2) is 9.65. The molecule has 0 radical (unpaired) electrons. The third kappa shape index (κ3) is 4.82. The Morgan fingerprint density at radius 1 is 0.939 bits per heavy atom. The van der Waals surface area contributed by atoms with Crippen LogP contribution in [0.3, 0.4) is 0 Å². The van der Waals surface area contributed by atoms with Crippen LogP contribution in [-0.4, -0.2) is 53.8 Å². The second-order valence-electron chi connectivity index (χ2n) is 9.82. The summed E-state index contributed by atoms with van der Waals surface area (Å²) in [7, 11) is 0. The highest BCUT2D eigenvalue weighted by atomic mass is 16.2. The molecular formula is C27H34N4O2. The van der Waals surface area contributed by atoms with Crippen molar-refractivity contribution in [2.24, 2.45) is 11.8 Å². The lowest BCUT2D eigenvalue weighted by Gasteiger charge is -2.38. The Balaban J connectivity index is 1.16. The van der Waals surface area contributed by atoms with Gasteiger partial charge >= 0.3 is 0 Å². The van der Waals surface area contributed by atoms with Crippen LogP contribution in [0.25, 0.3) is 0 Å². The summed E-state index contributed by atoms with van der Waals surface area (Å²) in [6.07, 6.45) is 3.27. The minimum Gasteiger partial charge on any atom is -0.342 e. The van der Waals surface area contributed by atoms with Crippen molar-refractivity contribution in [3.63, 3.8) is 0 Å². The number of benzene rings is 2. The van der Waals surface area contributed by atoms with Crippen LogP contribution in [0, 0.1) is 18.8 Å². The van der Waals surface area contributed by atoms with Crippen LogP contribution in [-0.2, 0) is 29.0 Å². The first-order valence-corrected chi connectivity index (χ1v) is 12.3. The van der Waals surface area contributed by atoms with Gasteiger partial charge in [0.05, 0.1) is 12.3 Å². The van der Waals surface area contributed by atoms with Crippen molar-refractivity contribution >= 4 is 11.8 Å². The fraction of sp³-hybridized carbons (Fsp3) is 0.481. The molecule has 0 spiro atoms. The fourth-order valence-electron chi connectivity index (χ4n) is 5.62. The number of aryl methyl sites for hydroxylation is 1. The molecule has 2 aromatic carbocycles. The van der Waals surface area contributed by atoms with Crippen molar-refractivity contribution in [1.82, 2.24) is 20.7 Å². The van der Waals surface area contributed by atoms with Crippen LogP contribution in [0.1, 0.15) is 35.1 Å². The summed E-state index contributed by atoms with van der Waals surface area (Å²) >= 11 is 0. The number of rotatable bonds is 4. The van der Waals surface area contributed by atoms with Gasteiger partial charge in [-0.2, -0.15) is 0 Å². The quantitative estimate of drug-likeness (QED) is 0.757. The molecular weight excluding hydrogens is 412 g/mol. The number of fused-ring (bicyclic) bond motifs is 1. The van der Waals surface area contributed by atoms with E-state index in [9.17, 15) is 9.59 Å². The number of carbonyl (C=O) groups is 2. The average Bonchev–Trinajstić information content (AvgIpc) is 3.35. The van der Waals surface area contributed by atoms with E-state index in [1.807, 2.05) is 21.9 Å². The lowest BCUT2D eigenvalue weighted by atomic mass is 9.82. The average molecular weight is 447 g/mol. The maximum absolute atomic E-state index is 13.4. The summed E-state index contributed by atoms with van der Waals surface area (Å²) in [5.74, 6) is 0.809. The molecule has 0 aliphatic carbocycles. The zero-order valence-electron chi connectivity index (χ0n) is 19.4. The molecule has 3 aliphatic heterocycles. The molecule has 2 amide bonds. The first-order valence-electron chi connectivity index (χ1n) is 12.3. The number of nitrogens with zero attached hydrogens (tertiary/aromatic N) is 2. The first kappa shape index (κ1) is 22.1. The Morgan fingerprint density at radius 2 is 1.67 bits per heavy atom. The molecule has 2 unspecified atom stereocenters. The molecule has 5 rings (SSSR count). The molecule has 6 heteroatoms. The van der Waals surface area contributed by atoms with Crippen LogP contribution >= 0.6 is 0 Å². The summed E-state index contributed by atoms with van der Waals surface area (Å²) in [5.41, 5.74) is 11.6. The zero-order chi connectivity index (χ0) is 22.8. The van der Waals surface area contributed by atoms with Crippen molar-refractivity contribution < 1.29 is 9.59 Å². The molecule has 33 heavy (non-hydrogen) atoms. The lowest BCUT2D eigenvalue weighted by Crippen LogP contribution is -2.50. The monoisotopic (exact) mass is 446 g/mol. The molecule has 2 saturated heterocycles. The SMILES string of the molecule is Cc1ccc(CC(=O)N2CCC(C3NNCC3C(=O)N3CCc4ccccc4C3)CC2)cc1. The summed E-state index contributed by atoms with van der Waals surface area (Å²) < 4.78 is 0. The van der Waals surface area contributed by atoms with E-state index in [1.165, 1.54) is 16.7 Å². The van der Waals surface area contributed by atoms with Crippen LogP contribution in [0.5, 0.6) is 0 Å². The van der Waals surface area contributed by atoms with Gasteiger partial charge < -0.3 is 9.80 Å². The predicted molar refractivity (Wildman–Crippen MR) is 128 cm³/mol. The van der Waals surface area contributed by atoms with Gasteiger partial charge in [0.25, 0.3) is 0 Å². The van der Waals surface area contributed by atoms with Gasteiger partial charge in [-0.1, -0.05) is 54.1 Å². The van der Waals surface area contributed by atoms with Crippen molar-refractivity contribution in [3.05, 3.63) is 70.8 Å². The van der Waals surface area contributed by atoms with E-state index >= 15 is 0 Å². The van der Waals surface area contributed by atoms with Crippen LogP contribution in [0.15, 0.2) is 48.5 Å². The third-order valence-electron chi connectivity index (χ3n) is 7.66. The van der Waals surface area contributed by atoms with E-state index in [-0.39, 0.29) is 23.8 Å². The Hall–Kier alpha value is -2.70. The highest BCUT2D eigenvalue weighted by Gasteiger charge is 2.41. The van der Waals surface area contributed by atoms with Crippen molar-refractivity contribution in [2.75, 3.05) is 26.2 Å². The number of likely N-dealkylation sites (tertiary alicyclic amines) is 1. The van der Waals surface area contributed by atoms with Gasteiger partial charge in [0.15, 0.2) is 0 Å². The van der Waals surface area contributed by atoms with Gasteiger partial charge in [0.2, 0.25) is 11.8 Å². The highest BCUT2D eigenvalue weighted by Crippen LogP contribution is 2.29. The first-order chi connectivity index (χ1) is 16.1.